The van der Waals surface area contributed by atoms with E-state index in [0.717, 1.165) is 0 Å². The van der Waals surface area contributed by atoms with E-state index in [2.05, 4.69) is 10.3 Å². The lowest BCUT2D eigenvalue weighted by Gasteiger charge is -2.15. The first-order valence-corrected chi connectivity index (χ1v) is 8.33. The largest absolute Gasteiger partial charge is 0.508 e. The molecule has 138 valence electrons. The summed E-state index contributed by atoms with van der Waals surface area (Å²) in [4.78, 5) is 28.0. The molecule has 2 aromatic carbocycles. The molecular weight excluding hydrogens is 372 g/mol. The van der Waals surface area contributed by atoms with Crippen molar-refractivity contribution in [2.45, 2.75) is 12.5 Å². The van der Waals surface area contributed by atoms with E-state index in [1.54, 1.807) is 36.4 Å². The maximum atomic E-state index is 12.5. The van der Waals surface area contributed by atoms with E-state index < -0.39 is 17.9 Å². The molecule has 0 saturated heterocycles. The highest BCUT2D eigenvalue weighted by molar-refractivity contribution is 6.34. The van der Waals surface area contributed by atoms with Gasteiger partial charge >= 0.3 is 5.97 Å². The van der Waals surface area contributed by atoms with Crippen LogP contribution in [0.15, 0.2) is 48.5 Å². The Morgan fingerprint density at radius 1 is 1.04 bits per heavy atom. The highest BCUT2D eigenvalue weighted by Crippen LogP contribution is 2.31. The minimum atomic E-state index is -1.26. The van der Waals surface area contributed by atoms with Crippen LogP contribution in [0.2, 0.25) is 5.15 Å². The van der Waals surface area contributed by atoms with Crippen molar-refractivity contribution < 1.29 is 24.9 Å². The molecule has 0 unspecified atom stereocenters. The molecule has 0 spiro atoms. The second kappa shape index (κ2) is 7.51. The second-order valence-corrected chi connectivity index (χ2v) is 6.24. The Morgan fingerprint density at radius 3 is 2.30 bits per heavy atom. The fraction of sp³-hybridized carbons (Fsp3) is 0.105. The van der Waals surface area contributed by atoms with Gasteiger partial charge in [0.1, 0.15) is 16.9 Å². The summed E-state index contributed by atoms with van der Waals surface area (Å²) in [5.41, 5.74) is 0.255. The number of aromatic hydroxyl groups is 2. The zero-order valence-corrected chi connectivity index (χ0v) is 14.6. The van der Waals surface area contributed by atoms with Crippen LogP contribution < -0.4 is 5.32 Å². The third-order valence-electron chi connectivity index (χ3n) is 4.03. The number of nitrogens with zero attached hydrogens (tertiary/aromatic N) is 1. The molecule has 0 saturated carbocycles. The highest BCUT2D eigenvalue weighted by atomic mass is 35.5. The van der Waals surface area contributed by atoms with Crippen molar-refractivity contribution in [2.24, 2.45) is 0 Å². The van der Waals surface area contributed by atoms with Gasteiger partial charge in [-0.1, -0.05) is 48.0 Å². The van der Waals surface area contributed by atoms with E-state index in [-0.39, 0.29) is 28.8 Å². The van der Waals surface area contributed by atoms with E-state index >= 15 is 0 Å². The van der Waals surface area contributed by atoms with Crippen LogP contribution in [0.3, 0.4) is 0 Å². The standard InChI is InChI=1S/C19H15ClN2O5/c20-17-13-4-2-1-3-12(13)16(24)15(22-17)18(25)21-14(19(26)27)9-10-5-7-11(23)8-6-10/h1-8,14,23-24H,9H2,(H,21,25)(H,26,27)/t14-/m0/s1. The number of hydrogen-bond donors (Lipinski definition) is 4. The fourth-order valence-corrected chi connectivity index (χ4v) is 2.91. The Kier molecular flexibility index (Phi) is 5.14. The van der Waals surface area contributed by atoms with Gasteiger partial charge in [-0.2, -0.15) is 0 Å². The van der Waals surface area contributed by atoms with Gasteiger partial charge in [0, 0.05) is 17.2 Å². The molecule has 8 heteroatoms. The van der Waals surface area contributed by atoms with E-state index in [1.165, 1.54) is 12.1 Å². The van der Waals surface area contributed by atoms with E-state index in [9.17, 15) is 24.9 Å². The Hall–Kier alpha value is -3.32. The maximum Gasteiger partial charge on any atom is 0.326 e. The SMILES string of the molecule is O=C(N[C@@H](Cc1ccc(O)cc1)C(=O)O)c1nc(Cl)c2ccccc2c1O. The molecule has 4 N–H and O–H groups in total. The van der Waals surface area contributed by atoms with Gasteiger partial charge in [0.05, 0.1) is 0 Å². The minimum absolute atomic E-state index is 0.0105. The molecule has 7 nitrogen and oxygen atoms in total. The quantitative estimate of drug-likeness (QED) is 0.500. The van der Waals surface area contributed by atoms with Crippen LogP contribution in [0.1, 0.15) is 16.1 Å². The predicted octanol–water partition coefficient (Wildman–Crippen LogP) is 2.73. The highest BCUT2D eigenvalue weighted by Gasteiger charge is 2.25. The zero-order chi connectivity index (χ0) is 19.6. The number of carboxylic acids is 1. The monoisotopic (exact) mass is 386 g/mol. The number of pyridine rings is 1. The van der Waals surface area contributed by atoms with Gasteiger partial charge in [0.2, 0.25) is 0 Å². The van der Waals surface area contributed by atoms with Gasteiger partial charge in [-0.15, -0.1) is 0 Å². The zero-order valence-electron chi connectivity index (χ0n) is 13.9. The Labute approximate surface area is 158 Å². The number of phenolic OH excluding ortho intramolecular Hbond substituents is 1. The van der Waals surface area contributed by atoms with Crippen molar-refractivity contribution in [3.8, 4) is 11.5 Å². The number of amides is 1. The van der Waals surface area contributed by atoms with Crippen LogP contribution in [0.4, 0.5) is 0 Å². The molecule has 1 atom stereocenters. The number of hydrogen-bond acceptors (Lipinski definition) is 5. The summed E-state index contributed by atoms with van der Waals surface area (Å²) >= 11 is 6.08. The predicted molar refractivity (Wildman–Crippen MR) is 99.1 cm³/mol. The molecule has 1 heterocycles. The average Bonchev–Trinajstić information content (AvgIpc) is 2.65. The van der Waals surface area contributed by atoms with Gasteiger partial charge in [-0.25, -0.2) is 9.78 Å². The number of nitrogens with one attached hydrogen (secondary N) is 1. The number of benzene rings is 2. The van der Waals surface area contributed by atoms with Crippen molar-refractivity contribution in [3.63, 3.8) is 0 Å². The molecule has 0 aliphatic carbocycles. The Balaban J connectivity index is 1.88. The van der Waals surface area contributed by atoms with Gasteiger partial charge in [-0.05, 0) is 17.7 Å². The minimum Gasteiger partial charge on any atom is -0.508 e. The summed E-state index contributed by atoms with van der Waals surface area (Å²) in [6.07, 6.45) is -0.0105. The number of halogens is 1. The number of fused-ring (bicyclic) bond motifs is 1. The molecule has 0 aliphatic rings. The number of aliphatic carboxylic acids is 1. The first-order chi connectivity index (χ1) is 12.9. The molecule has 0 bridgehead atoms. The second-order valence-electron chi connectivity index (χ2n) is 5.88. The average molecular weight is 387 g/mol. The van der Waals surface area contributed by atoms with Crippen molar-refractivity contribution in [1.82, 2.24) is 10.3 Å². The van der Waals surface area contributed by atoms with Gasteiger partial charge < -0.3 is 20.6 Å². The van der Waals surface area contributed by atoms with Crippen LogP contribution in [0.5, 0.6) is 11.5 Å². The number of rotatable bonds is 5. The number of carbonyl (C=O) groups is 2. The van der Waals surface area contributed by atoms with E-state index in [4.69, 9.17) is 11.6 Å². The number of carboxylic acid groups (broad SMARTS) is 1. The van der Waals surface area contributed by atoms with Gasteiger partial charge in [0.25, 0.3) is 5.91 Å². The Morgan fingerprint density at radius 2 is 1.67 bits per heavy atom. The Bertz CT molecular complexity index is 1020. The van der Waals surface area contributed by atoms with Crippen molar-refractivity contribution >= 4 is 34.2 Å². The van der Waals surface area contributed by atoms with Crippen molar-refractivity contribution in [2.75, 3.05) is 0 Å². The lowest BCUT2D eigenvalue weighted by molar-refractivity contribution is -0.139. The van der Waals surface area contributed by atoms with E-state index in [1.807, 2.05) is 0 Å². The molecule has 0 radical (unpaired) electrons. The molecule has 3 rings (SSSR count). The smallest absolute Gasteiger partial charge is 0.326 e. The summed E-state index contributed by atoms with van der Waals surface area (Å²) in [6, 6.07) is 11.3. The van der Waals surface area contributed by atoms with Crippen LogP contribution in [0.25, 0.3) is 10.8 Å². The van der Waals surface area contributed by atoms with Crippen molar-refractivity contribution in [3.05, 3.63) is 64.9 Å². The summed E-state index contributed by atoms with van der Waals surface area (Å²) in [7, 11) is 0. The summed E-state index contributed by atoms with van der Waals surface area (Å²) < 4.78 is 0. The maximum absolute atomic E-state index is 12.5. The molecule has 27 heavy (non-hydrogen) atoms. The first kappa shape index (κ1) is 18.5. The van der Waals surface area contributed by atoms with Crippen LogP contribution in [-0.4, -0.2) is 38.2 Å². The lowest BCUT2D eigenvalue weighted by Crippen LogP contribution is -2.42. The molecule has 0 fully saturated rings. The molecule has 3 aromatic rings. The molecular formula is C19H15ClN2O5. The normalized spacial score (nSPS) is 11.9. The first-order valence-electron chi connectivity index (χ1n) is 7.95. The molecule has 0 aliphatic heterocycles. The third-order valence-corrected chi connectivity index (χ3v) is 4.32. The van der Waals surface area contributed by atoms with E-state index in [0.29, 0.717) is 16.3 Å². The van der Waals surface area contributed by atoms with Gasteiger partial charge in [-0.3, -0.25) is 4.79 Å². The van der Waals surface area contributed by atoms with Crippen LogP contribution >= 0.6 is 11.6 Å². The fourth-order valence-electron chi connectivity index (χ4n) is 2.66. The van der Waals surface area contributed by atoms with Gasteiger partial charge in [0.15, 0.2) is 11.4 Å². The summed E-state index contributed by atoms with van der Waals surface area (Å²) in [6.45, 7) is 0. The number of carbonyl (C=O) groups excluding carboxylic acids is 1. The molecule has 1 aromatic heterocycles. The lowest BCUT2D eigenvalue weighted by atomic mass is 10.1. The van der Waals surface area contributed by atoms with Crippen LogP contribution in [-0.2, 0) is 11.2 Å². The van der Waals surface area contributed by atoms with Crippen molar-refractivity contribution in [1.29, 1.82) is 0 Å². The topological polar surface area (TPSA) is 120 Å². The summed E-state index contributed by atoms with van der Waals surface area (Å²) in [5.74, 6) is -2.43. The number of phenols is 1. The molecule has 1 amide bonds. The third kappa shape index (κ3) is 3.93. The number of aromatic nitrogens is 1. The summed E-state index contributed by atoms with van der Waals surface area (Å²) in [5, 5.41) is 32.3. The van der Waals surface area contributed by atoms with Crippen LogP contribution in [0, 0.1) is 0 Å².